The lowest BCUT2D eigenvalue weighted by molar-refractivity contribution is -0.132. The molecule has 1 aliphatic heterocycles. The molecular formula is C34H38N2O5. The van der Waals surface area contributed by atoms with Gasteiger partial charge in [-0.25, -0.2) is 4.79 Å². The van der Waals surface area contributed by atoms with Gasteiger partial charge in [-0.1, -0.05) is 85.8 Å². The average Bonchev–Trinajstić information content (AvgIpc) is 3.54. The molecule has 0 spiro atoms. The van der Waals surface area contributed by atoms with Gasteiger partial charge in [-0.05, 0) is 53.5 Å². The van der Waals surface area contributed by atoms with E-state index in [1.807, 2.05) is 66.4 Å². The van der Waals surface area contributed by atoms with Crippen molar-refractivity contribution >= 4 is 12.0 Å². The van der Waals surface area contributed by atoms with E-state index in [0.717, 1.165) is 18.4 Å². The van der Waals surface area contributed by atoms with Crippen molar-refractivity contribution in [3.63, 3.8) is 0 Å². The Balaban J connectivity index is 1.12. The molecule has 214 valence electrons. The number of aliphatic hydroxyl groups excluding tert-OH is 1. The maximum Gasteiger partial charge on any atom is 0.410 e. The molecule has 7 nitrogen and oxygen atoms in total. The molecule has 3 aromatic carbocycles. The van der Waals surface area contributed by atoms with Crippen molar-refractivity contribution in [2.45, 2.75) is 62.9 Å². The summed E-state index contributed by atoms with van der Waals surface area (Å²) in [6.45, 7) is 3.87. The normalized spacial score (nSPS) is 23.5. The number of fused-ring (bicyclic) bond motifs is 4. The molecule has 2 fully saturated rings. The van der Waals surface area contributed by atoms with Crippen molar-refractivity contribution in [3.05, 3.63) is 95.6 Å². The lowest BCUT2D eigenvalue weighted by atomic mass is 9.93. The van der Waals surface area contributed by atoms with Gasteiger partial charge in [0.05, 0.1) is 30.2 Å². The van der Waals surface area contributed by atoms with Crippen LogP contribution in [0.3, 0.4) is 0 Å². The second-order valence-corrected chi connectivity index (χ2v) is 11.7. The number of hydrogen-bond acceptors (Lipinski definition) is 5. The highest BCUT2D eigenvalue weighted by atomic mass is 16.6. The van der Waals surface area contributed by atoms with Crippen LogP contribution in [0.25, 0.3) is 11.1 Å². The molecule has 2 N–H and O–H groups in total. The second kappa shape index (κ2) is 11.3. The summed E-state index contributed by atoms with van der Waals surface area (Å²) in [6.07, 6.45) is 0.0732. The predicted molar refractivity (Wildman–Crippen MR) is 156 cm³/mol. The molecule has 41 heavy (non-hydrogen) atoms. The fourth-order valence-electron chi connectivity index (χ4n) is 6.94. The largest absolute Gasteiger partial charge is 0.448 e. The summed E-state index contributed by atoms with van der Waals surface area (Å²) >= 11 is 0. The summed E-state index contributed by atoms with van der Waals surface area (Å²) in [6, 6.07) is 25.3. The smallest absolute Gasteiger partial charge is 0.410 e. The lowest BCUT2D eigenvalue weighted by Crippen LogP contribution is -2.52. The van der Waals surface area contributed by atoms with Crippen LogP contribution < -0.4 is 5.32 Å². The number of nitrogens with zero attached hydrogens (tertiary/aromatic N) is 1. The first-order chi connectivity index (χ1) is 19.9. The standard InChI is InChI=1S/C34H38N2O5/c1-20(33(38)35-21(2)31(37)22-11-5-4-6-12-22)32(40-3)30-18-23-17-29(23)36(30)34(39)41-19-28-26-15-9-7-13-24(26)25-14-8-10-16-27(25)28/h4-16,20-21,23,28-32,37H,17-19H2,1-3H3,(H,35,38)/t20-,21-,23+,29+,30+,31-,32-/m1/s1. The third-order valence-corrected chi connectivity index (χ3v) is 9.23. The minimum absolute atomic E-state index is 0.0112. The van der Waals surface area contributed by atoms with Crippen LogP contribution in [0.4, 0.5) is 4.79 Å². The number of nitrogens with one attached hydrogen (secondary N) is 1. The van der Waals surface area contributed by atoms with Gasteiger partial charge < -0.3 is 19.9 Å². The molecule has 0 bridgehead atoms. The molecule has 0 aromatic heterocycles. The Hall–Kier alpha value is -3.68. The van der Waals surface area contributed by atoms with Crippen molar-refractivity contribution in [3.8, 4) is 11.1 Å². The maximum absolute atomic E-state index is 13.6. The van der Waals surface area contributed by atoms with E-state index in [0.29, 0.717) is 5.92 Å². The zero-order valence-electron chi connectivity index (χ0n) is 23.8. The van der Waals surface area contributed by atoms with E-state index in [1.54, 1.807) is 14.0 Å². The fraction of sp³-hybridized carbons (Fsp3) is 0.412. The van der Waals surface area contributed by atoms with Crippen molar-refractivity contribution in [2.75, 3.05) is 13.7 Å². The molecule has 7 heteroatoms. The highest BCUT2D eigenvalue weighted by Gasteiger charge is 2.57. The molecule has 1 saturated carbocycles. The van der Waals surface area contributed by atoms with Crippen LogP contribution in [0.5, 0.6) is 0 Å². The molecule has 1 saturated heterocycles. The zero-order valence-corrected chi connectivity index (χ0v) is 23.8. The Morgan fingerprint density at radius 3 is 2.17 bits per heavy atom. The third kappa shape index (κ3) is 5.13. The molecule has 3 aromatic rings. The van der Waals surface area contributed by atoms with Gasteiger partial charge in [-0.15, -0.1) is 0 Å². The minimum atomic E-state index is -0.829. The summed E-state index contributed by atoms with van der Waals surface area (Å²) in [4.78, 5) is 28.8. The second-order valence-electron chi connectivity index (χ2n) is 11.7. The van der Waals surface area contributed by atoms with Crippen molar-refractivity contribution in [2.24, 2.45) is 11.8 Å². The number of hydrogen-bond donors (Lipinski definition) is 2. The first-order valence-electron chi connectivity index (χ1n) is 14.6. The quantitative estimate of drug-likeness (QED) is 0.375. The van der Waals surface area contributed by atoms with Crippen LogP contribution in [-0.2, 0) is 14.3 Å². The number of carbonyl (C=O) groups excluding carboxylic acids is 2. The minimum Gasteiger partial charge on any atom is -0.448 e. The molecule has 2 amide bonds. The number of benzene rings is 3. The van der Waals surface area contributed by atoms with Gasteiger partial charge in [0.2, 0.25) is 5.91 Å². The van der Waals surface area contributed by atoms with E-state index in [9.17, 15) is 14.7 Å². The number of carbonyl (C=O) groups is 2. The van der Waals surface area contributed by atoms with Crippen molar-refractivity contribution in [1.29, 1.82) is 0 Å². The highest BCUT2D eigenvalue weighted by Crippen LogP contribution is 2.50. The Kier molecular flexibility index (Phi) is 7.58. The Bertz CT molecular complexity index is 1370. The molecule has 7 atom stereocenters. The number of ether oxygens (including phenoxy) is 2. The number of aliphatic hydroxyl groups is 1. The molecule has 2 aliphatic carbocycles. The fourth-order valence-corrected chi connectivity index (χ4v) is 6.94. The molecule has 0 unspecified atom stereocenters. The lowest BCUT2D eigenvalue weighted by Gasteiger charge is -2.35. The van der Waals surface area contributed by atoms with Gasteiger partial charge in [0.1, 0.15) is 6.61 Å². The van der Waals surface area contributed by atoms with Gasteiger partial charge in [0, 0.05) is 19.1 Å². The van der Waals surface area contributed by atoms with E-state index >= 15 is 0 Å². The summed E-state index contributed by atoms with van der Waals surface area (Å²) in [7, 11) is 1.59. The van der Waals surface area contributed by atoms with Crippen molar-refractivity contribution in [1.82, 2.24) is 10.2 Å². The van der Waals surface area contributed by atoms with E-state index in [2.05, 4.69) is 29.6 Å². The molecule has 3 aliphatic rings. The Morgan fingerprint density at radius 2 is 1.54 bits per heavy atom. The van der Waals surface area contributed by atoms with Gasteiger partial charge in [-0.2, -0.15) is 0 Å². The van der Waals surface area contributed by atoms with Crippen LogP contribution in [-0.4, -0.2) is 60.0 Å². The number of amides is 2. The van der Waals surface area contributed by atoms with Gasteiger partial charge in [-0.3, -0.25) is 9.69 Å². The maximum atomic E-state index is 13.6. The van der Waals surface area contributed by atoms with Crippen LogP contribution >= 0.6 is 0 Å². The SMILES string of the molecule is CO[C@H]([C@@H](C)C(=O)N[C@H](C)[C@@H](O)c1ccccc1)[C@@H]1C[C@@H]2C[C@@H]2N1C(=O)OCC1c2ccccc2-c2ccccc21. The molecule has 1 heterocycles. The summed E-state index contributed by atoms with van der Waals surface area (Å²) < 4.78 is 11.9. The topological polar surface area (TPSA) is 88.1 Å². The highest BCUT2D eigenvalue weighted by molar-refractivity contribution is 5.80. The number of likely N-dealkylation sites (tertiary alicyclic amines) is 1. The zero-order chi connectivity index (χ0) is 28.7. The average molecular weight is 555 g/mol. The first kappa shape index (κ1) is 27.5. The molecule has 6 rings (SSSR count). The summed E-state index contributed by atoms with van der Waals surface area (Å²) in [5.41, 5.74) is 5.48. The summed E-state index contributed by atoms with van der Waals surface area (Å²) in [5.74, 6) is -0.348. The van der Waals surface area contributed by atoms with Gasteiger partial charge >= 0.3 is 6.09 Å². The first-order valence-corrected chi connectivity index (χ1v) is 14.6. The van der Waals surface area contributed by atoms with Crippen LogP contribution in [0.15, 0.2) is 78.9 Å². The van der Waals surface area contributed by atoms with Crippen LogP contribution in [0.2, 0.25) is 0 Å². The third-order valence-electron chi connectivity index (χ3n) is 9.23. The monoisotopic (exact) mass is 554 g/mol. The van der Waals surface area contributed by atoms with E-state index < -0.39 is 24.2 Å². The van der Waals surface area contributed by atoms with Gasteiger partial charge in [0.15, 0.2) is 0 Å². The Labute approximate surface area is 241 Å². The van der Waals surface area contributed by atoms with E-state index in [4.69, 9.17) is 9.47 Å². The predicted octanol–water partition coefficient (Wildman–Crippen LogP) is 5.29. The van der Waals surface area contributed by atoms with Gasteiger partial charge in [0.25, 0.3) is 0 Å². The van der Waals surface area contributed by atoms with Crippen LogP contribution in [0.1, 0.15) is 55.4 Å². The Morgan fingerprint density at radius 1 is 0.927 bits per heavy atom. The number of methoxy groups -OCH3 is 1. The van der Waals surface area contributed by atoms with Crippen LogP contribution in [0, 0.1) is 11.8 Å². The van der Waals surface area contributed by atoms with Crippen molar-refractivity contribution < 1.29 is 24.2 Å². The van der Waals surface area contributed by atoms with E-state index in [1.165, 1.54) is 22.3 Å². The molecular weight excluding hydrogens is 516 g/mol. The molecule has 0 radical (unpaired) electrons. The van der Waals surface area contributed by atoms with E-state index in [-0.39, 0.29) is 36.6 Å². The number of piperidine rings is 1. The number of rotatable bonds is 9. The summed E-state index contributed by atoms with van der Waals surface area (Å²) in [5, 5.41) is 13.7.